The van der Waals surface area contributed by atoms with E-state index < -0.39 is 0 Å². The standard InChI is InChI=1S/C16H33N3/c1-16(2)9-6-13(15(16)17-3)12-19-10-7-14(8-11-19)18(4)5/h13-15,17H,6-12H2,1-5H3. The summed E-state index contributed by atoms with van der Waals surface area (Å²) in [5, 5.41) is 3.59. The van der Waals surface area contributed by atoms with E-state index in [2.05, 4.69) is 50.1 Å². The van der Waals surface area contributed by atoms with Gasteiger partial charge in [-0.3, -0.25) is 0 Å². The van der Waals surface area contributed by atoms with Crippen molar-refractivity contribution in [1.29, 1.82) is 0 Å². The molecule has 0 aromatic carbocycles. The van der Waals surface area contributed by atoms with Crippen LogP contribution in [0.3, 0.4) is 0 Å². The van der Waals surface area contributed by atoms with Crippen LogP contribution in [0.25, 0.3) is 0 Å². The molecule has 112 valence electrons. The Morgan fingerprint density at radius 2 is 1.79 bits per heavy atom. The van der Waals surface area contributed by atoms with E-state index >= 15 is 0 Å². The van der Waals surface area contributed by atoms with E-state index in [1.54, 1.807) is 0 Å². The first-order valence-electron chi connectivity index (χ1n) is 8.00. The van der Waals surface area contributed by atoms with E-state index in [9.17, 15) is 0 Å². The van der Waals surface area contributed by atoms with Crippen LogP contribution in [-0.2, 0) is 0 Å². The van der Waals surface area contributed by atoms with Crippen molar-refractivity contribution in [2.24, 2.45) is 11.3 Å². The predicted octanol–water partition coefficient (Wildman–Crippen LogP) is 2.04. The summed E-state index contributed by atoms with van der Waals surface area (Å²) in [5.74, 6) is 0.843. The number of piperidine rings is 1. The summed E-state index contributed by atoms with van der Waals surface area (Å²) in [6.45, 7) is 8.72. The summed E-state index contributed by atoms with van der Waals surface area (Å²) < 4.78 is 0. The van der Waals surface area contributed by atoms with Crippen molar-refractivity contribution < 1.29 is 0 Å². The zero-order valence-electron chi connectivity index (χ0n) is 13.6. The first-order valence-corrected chi connectivity index (χ1v) is 8.00. The third kappa shape index (κ3) is 3.50. The van der Waals surface area contributed by atoms with Crippen LogP contribution in [0.15, 0.2) is 0 Å². The number of likely N-dealkylation sites (tertiary alicyclic amines) is 1. The second-order valence-corrected chi connectivity index (χ2v) is 7.55. The van der Waals surface area contributed by atoms with Crippen LogP contribution in [-0.4, -0.2) is 62.7 Å². The summed E-state index contributed by atoms with van der Waals surface area (Å²) in [6, 6.07) is 1.50. The van der Waals surface area contributed by atoms with E-state index in [0.717, 1.165) is 12.0 Å². The molecule has 2 fully saturated rings. The molecule has 1 saturated carbocycles. The van der Waals surface area contributed by atoms with Gasteiger partial charge in [0.05, 0.1) is 0 Å². The Morgan fingerprint density at radius 1 is 1.16 bits per heavy atom. The molecule has 3 heteroatoms. The van der Waals surface area contributed by atoms with Crippen LogP contribution in [0.4, 0.5) is 0 Å². The lowest BCUT2D eigenvalue weighted by Crippen LogP contribution is -2.47. The summed E-state index contributed by atoms with van der Waals surface area (Å²) in [7, 11) is 6.58. The van der Waals surface area contributed by atoms with E-state index in [1.165, 1.54) is 45.3 Å². The van der Waals surface area contributed by atoms with Gasteiger partial charge >= 0.3 is 0 Å². The Bertz CT molecular complexity index is 280. The summed E-state index contributed by atoms with van der Waals surface area (Å²) in [4.78, 5) is 5.10. The number of hydrogen-bond donors (Lipinski definition) is 1. The van der Waals surface area contributed by atoms with Gasteiger partial charge in [-0.25, -0.2) is 0 Å². The third-order valence-corrected chi connectivity index (χ3v) is 5.56. The van der Waals surface area contributed by atoms with Crippen LogP contribution < -0.4 is 5.32 Å². The molecule has 3 nitrogen and oxygen atoms in total. The Kier molecular flexibility index (Phi) is 4.91. The average Bonchev–Trinajstić information content (AvgIpc) is 2.64. The second kappa shape index (κ2) is 6.11. The lowest BCUT2D eigenvalue weighted by Gasteiger charge is -2.38. The largest absolute Gasteiger partial charge is 0.316 e. The SMILES string of the molecule is CNC1C(CN2CCC(N(C)C)CC2)CCC1(C)C. The lowest BCUT2D eigenvalue weighted by molar-refractivity contribution is 0.120. The first kappa shape index (κ1) is 15.3. The minimum Gasteiger partial charge on any atom is -0.316 e. The van der Waals surface area contributed by atoms with Gasteiger partial charge in [-0.15, -0.1) is 0 Å². The molecular weight excluding hydrogens is 234 g/mol. The van der Waals surface area contributed by atoms with Crippen LogP contribution in [0.1, 0.15) is 39.5 Å². The maximum atomic E-state index is 3.59. The van der Waals surface area contributed by atoms with Crippen LogP contribution in [0.2, 0.25) is 0 Å². The molecule has 1 heterocycles. The highest BCUT2D eigenvalue weighted by Gasteiger charge is 2.41. The Morgan fingerprint density at radius 3 is 2.32 bits per heavy atom. The van der Waals surface area contributed by atoms with Gasteiger partial charge in [0.2, 0.25) is 0 Å². The minimum absolute atomic E-state index is 0.474. The summed E-state index contributed by atoms with van der Waals surface area (Å²) >= 11 is 0. The first-order chi connectivity index (χ1) is 8.94. The fraction of sp³-hybridized carbons (Fsp3) is 1.00. The normalized spacial score (nSPS) is 33.2. The molecule has 2 rings (SSSR count). The molecular formula is C16H33N3. The van der Waals surface area contributed by atoms with Gasteiger partial charge in [0.15, 0.2) is 0 Å². The molecule has 1 aliphatic heterocycles. The fourth-order valence-corrected chi connectivity index (χ4v) is 4.29. The number of hydrogen-bond acceptors (Lipinski definition) is 3. The molecule has 0 spiro atoms. The topological polar surface area (TPSA) is 18.5 Å². The highest BCUT2D eigenvalue weighted by atomic mass is 15.2. The van der Waals surface area contributed by atoms with Crippen LogP contribution >= 0.6 is 0 Å². The van der Waals surface area contributed by atoms with E-state index in [4.69, 9.17) is 0 Å². The van der Waals surface area contributed by atoms with Gasteiger partial charge in [-0.05, 0) is 71.2 Å². The van der Waals surface area contributed by atoms with Gasteiger partial charge < -0.3 is 15.1 Å². The van der Waals surface area contributed by atoms with E-state index in [1.807, 2.05) is 0 Å². The monoisotopic (exact) mass is 267 g/mol. The van der Waals surface area contributed by atoms with Gasteiger partial charge in [-0.1, -0.05) is 13.8 Å². The molecule has 0 aromatic rings. The van der Waals surface area contributed by atoms with Gasteiger partial charge in [0.25, 0.3) is 0 Å². The predicted molar refractivity (Wildman–Crippen MR) is 82.5 cm³/mol. The second-order valence-electron chi connectivity index (χ2n) is 7.55. The number of nitrogens with one attached hydrogen (secondary N) is 1. The van der Waals surface area contributed by atoms with Crippen molar-refractivity contribution in [2.45, 2.75) is 51.6 Å². The van der Waals surface area contributed by atoms with Crippen molar-refractivity contribution in [3.8, 4) is 0 Å². The van der Waals surface area contributed by atoms with Crippen molar-refractivity contribution in [2.75, 3.05) is 40.8 Å². The van der Waals surface area contributed by atoms with E-state index in [-0.39, 0.29) is 0 Å². The van der Waals surface area contributed by atoms with Gasteiger partial charge in [0.1, 0.15) is 0 Å². The maximum absolute atomic E-state index is 3.59. The molecule has 2 atom stereocenters. The smallest absolute Gasteiger partial charge is 0.0156 e. The molecule has 0 bridgehead atoms. The lowest BCUT2D eigenvalue weighted by atomic mass is 9.84. The average molecular weight is 267 g/mol. The molecule has 1 saturated heterocycles. The summed E-state index contributed by atoms with van der Waals surface area (Å²) in [5.41, 5.74) is 0.474. The van der Waals surface area contributed by atoms with Gasteiger partial charge in [0, 0.05) is 18.6 Å². The van der Waals surface area contributed by atoms with E-state index in [0.29, 0.717) is 11.5 Å². The number of rotatable bonds is 4. The van der Waals surface area contributed by atoms with Crippen molar-refractivity contribution in [1.82, 2.24) is 15.1 Å². The molecule has 2 aliphatic rings. The quantitative estimate of drug-likeness (QED) is 0.841. The summed E-state index contributed by atoms with van der Waals surface area (Å²) in [6.07, 6.45) is 5.45. The number of nitrogens with zero attached hydrogens (tertiary/aromatic N) is 2. The van der Waals surface area contributed by atoms with Crippen molar-refractivity contribution in [3.05, 3.63) is 0 Å². The molecule has 1 aliphatic carbocycles. The van der Waals surface area contributed by atoms with Crippen LogP contribution in [0.5, 0.6) is 0 Å². The fourth-order valence-electron chi connectivity index (χ4n) is 4.29. The zero-order chi connectivity index (χ0) is 14.0. The van der Waals surface area contributed by atoms with Crippen molar-refractivity contribution in [3.63, 3.8) is 0 Å². The minimum atomic E-state index is 0.474. The Balaban J connectivity index is 1.83. The Hall–Kier alpha value is -0.120. The molecule has 0 radical (unpaired) electrons. The molecule has 19 heavy (non-hydrogen) atoms. The molecule has 0 amide bonds. The van der Waals surface area contributed by atoms with Crippen LogP contribution in [0, 0.1) is 11.3 Å². The molecule has 0 aromatic heterocycles. The van der Waals surface area contributed by atoms with Crippen molar-refractivity contribution >= 4 is 0 Å². The highest BCUT2D eigenvalue weighted by molar-refractivity contribution is 4.97. The Labute approximate surface area is 119 Å². The zero-order valence-corrected chi connectivity index (χ0v) is 13.6. The molecule has 2 unspecified atom stereocenters. The van der Waals surface area contributed by atoms with Gasteiger partial charge in [-0.2, -0.15) is 0 Å². The molecule has 1 N–H and O–H groups in total. The third-order valence-electron chi connectivity index (χ3n) is 5.56. The maximum Gasteiger partial charge on any atom is 0.0156 e. The highest BCUT2D eigenvalue weighted by Crippen LogP contribution is 2.41.